The maximum Gasteiger partial charge on any atom is 0.228 e. The lowest BCUT2D eigenvalue weighted by Gasteiger charge is -2.26. The Kier molecular flexibility index (Phi) is 4.32. The minimum absolute atomic E-state index is 0.0394. The van der Waals surface area contributed by atoms with E-state index in [1.807, 2.05) is 18.2 Å². The van der Waals surface area contributed by atoms with Crippen molar-refractivity contribution in [3.63, 3.8) is 0 Å². The molecule has 2 aliphatic rings. The number of aryl methyl sites for hydroxylation is 1. The van der Waals surface area contributed by atoms with Gasteiger partial charge < -0.3 is 5.32 Å². The number of sulfone groups is 1. The molecular weight excluding hydrogens is 348 g/mol. The molecule has 0 saturated carbocycles. The molecule has 136 valence electrons. The molecule has 26 heavy (non-hydrogen) atoms. The van der Waals surface area contributed by atoms with Crippen LogP contribution in [0.15, 0.2) is 36.4 Å². The Morgan fingerprint density at radius 3 is 2.65 bits per heavy atom. The smallest absolute Gasteiger partial charge is 0.228 e. The molecule has 1 saturated heterocycles. The van der Waals surface area contributed by atoms with Gasteiger partial charge in [0.2, 0.25) is 5.91 Å². The first-order chi connectivity index (χ1) is 12.4. The van der Waals surface area contributed by atoms with Crippen LogP contribution in [0.5, 0.6) is 0 Å². The lowest BCUT2D eigenvalue weighted by atomic mass is 9.92. The maximum absolute atomic E-state index is 11.8. The molecule has 2 heterocycles. The van der Waals surface area contributed by atoms with E-state index in [0.29, 0.717) is 19.5 Å². The molecule has 0 aromatic heterocycles. The van der Waals surface area contributed by atoms with Crippen LogP contribution in [0.4, 0.5) is 5.69 Å². The first-order valence-electron chi connectivity index (χ1n) is 8.86. The standard InChI is InChI=1S/C20H22N2O3S/c1-14-5-6-18-17(12-19(23)21-18)20(14)16-4-2-3-15(11-16)13-22-7-9-26(24,25)10-8-22/h2-6,11H,7-10,12-13H2,1H3,(H,21,23). The Labute approximate surface area is 153 Å². The number of carbonyl (C=O) groups excluding carboxylic acids is 1. The number of fused-ring (bicyclic) bond motifs is 1. The van der Waals surface area contributed by atoms with Crippen molar-refractivity contribution in [3.8, 4) is 11.1 Å². The predicted octanol–water partition coefficient (Wildman–Crippen LogP) is 2.39. The Balaban J connectivity index is 1.62. The first kappa shape index (κ1) is 17.2. The SMILES string of the molecule is Cc1ccc2c(c1-c1cccc(CN3CCS(=O)(=O)CC3)c1)CC(=O)N2. The van der Waals surface area contributed by atoms with Gasteiger partial charge in [-0.05, 0) is 46.9 Å². The monoisotopic (exact) mass is 370 g/mol. The lowest BCUT2D eigenvalue weighted by Crippen LogP contribution is -2.39. The lowest BCUT2D eigenvalue weighted by molar-refractivity contribution is -0.115. The number of nitrogens with zero attached hydrogens (tertiary/aromatic N) is 1. The number of amides is 1. The van der Waals surface area contributed by atoms with Gasteiger partial charge in [-0.25, -0.2) is 8.42 Å². The highest BCUT2D eigenvalue weighted by molar-refractivity contribution is 7.91. The minimum Gasteiger partial charge on any atom is -0.326 e. The number of rotatable bonds is 3. The molecule has 0 atom stereocenters. The molecule has 0 bridgehead atoms. The molecule has 2 aromatic rings. The first-order valence-corrected chi connectivity index (χ1v) is 10.7. The third-order valence-corrected chi connectivity index (χ3v) is 6.80. The third kappa shape index (κ3) is 3.39. The Hall–Kier alpha value is -2.18. The molecule has 4 rings (SSSR count). The zero-order valence-corrected chi connectivity index (χ0v) is 15.6. The van der Waals surface area contributed by atoms with Crippen LogP contribution in [0, 0.1) is 6.92 Å². The quantitative estimate of drug-likeness (QED) is 0.901. The average Bonchev–Trinajstić information content (AvgIpc) is 2.97. The van der Waals surface area contributed by atoms with Crippen molar-refractivity contribution in [2.45, 2.75) is 19.9 Å². The molecule has 0 spiro atoms. The van der Waals surface area contributed by atoms with E-state index in [-0.39, 0.29) is 17.4 Å². The molecule has 1 fully saturated rings. The van der Waals surface area contributed by atoms with Crippen molar-refractivity contribution in [2.24, 2.45) is 0 Å². The average molecular weight is 370 g/mol. The predicted molar refractivity (Wildman–Crippen MR) is 103 cm³/mol. The second kappa shape index (κ2) is 6.52. The molecule has 6 heteroatoms. The Morgan fingerprint density at radius 2 is 1.88 bits per heavy atom. The molecule has 0 radical (unpaired) electrons. The Bertz CT molecular complexity index is 969. The number of hydrogen-bond donors (Lipinski definition) is 1. The van der Waals surface area contributed by atoms with Gasteiger partial charge in [0, 0.05) is 25.3 Å². The van der Waals surface area contributed by atoms with Crippen molar-refractivity contribution in [2.75, 3.05) is 29.9 Å². The third-order valence-electron chi connectivity index (χ3n) is 5.19. The van der Waals surface area contributed by atoms with E-state index in [1.54, 1.807) is 0 Å². The second-order valence-corrected chi connectivity index (χ2v) is 9.44. The molecular formula is C20H22N2O3S. The van der Waals surface area contributed by atoms with Gasteiger partial charge in [0.05, 0.1) is 17.9 Å². The summed E-state index contributed by atoms with van der Waals surface area (Å²) in [6.07, 6.45) is 0.417. The summed E-state index contributed by atoms with van der Waals surface area (Å²) in [6, 6.07) is 12.4. The summed E-state index contributed by atoms with van der Waals surface area (Å²) in [7, 11) is -2.86. The summed E-state index contributed by atoms with van der Waals surface area (Å²) in [4.78, 5) is 14.0. The number of hydrogen-bond acceptors (Lipinski definition) is 4. The van der Waals surface area contributed by atoms with Crippen LogP contribution in [0.1, 0.15) is 16.7 Å². The molecule has 1 N–H and O–H groups in total. The summed E-state index contributed by atoms with van der Waals surface area (Å²) < 4.78 is 23.2. The van der Waals surface area contributed by atoms with Gasteiger partial charge in [0.25, 0.3) is 0 Å². The summed E-state index contributed by atoms with van der Waals surface area (Å²) in [6.45, 7) is 3.99. The van der Waals surface area contributed by atoms with Gasteiger partial charge in [0.15, 0.2) is 9.84 Å². The largest absolute Gasteiger partial charge is 0.326 e. The van der Waals surface area contributed by atoms with Crippen molar-refractivity contribution in [1.82, 2.24) is 4.90 Å². The summed E-state index contributed by atoms with van der Waals surface area (Å²) in [5.41, 5.74) is 6.53. The number of anilines is 1. The fourth-order valence-corrected chi connectivity index (χ4v) is 5.09. The maximum atomic E-state index is 11.8. The van der Waals surface area contributed by atoms with Gasteiger partial charge in [0.1, 0.15) is 0 Å². The highest BCUT2D eigenvalue weighted by Crippen LogP contribution is 2.36. The van der Waals surface area contributed by atoms with Crippen molar-refractivity contribution >= 4 is 21.4 Å². The topological polar surface area (TPSA) is 66.5 Å². The van der Waals surface area contributed by atoms with E-state index < -0.39 is 9.84 Å². The van der Waals surface area contributed by atoms with E-state index in [9.17, 15) is 13.2 Å². The van der Waals surface area contributed by atoms with Crippen LogP contribution in [0.2, 0.25) is 0 Å². The molecule has 0 aliphatic carbocycles. The molecule has 2 aliphatic heterocycles. The summed E-state index contributed by atoms with van der Waals surface area (Å²) in [5.74, 6) is 0.523. The zero-order chi connectivity index (χ0) is 18.3. The number of nitrogens with one attached hydrogen (secondary N) is 1. The van der Waals surface area contributed by atoms with Gasteiger partial charge in [-0.1, -0.05) is 24.3 Å². The number of carbonyl (C=O) groups is 1. The van der Waals surface area contributed by atoms with Crippen molar-refractivity contribution in [1.29, 1.82) is 0 Å². The van der Waals surface area contributed by atoms with Gasteiger partial charge in [-0.3, -0.25) is 9.69 Å². The van der Waals surface area contributed by atoms with Crippen molar-refractivity contribution < 1.29 is 13.2 Å². The highest BCUT2D eigenvalue weighted by atomic mass is 32.2. The molecule has 0 unspecified atom stereocenters. The van der Waals surface area contributed by atoms with E-state index in [4.69, 9.17) is 0 Å². The fraction of sp³-hybridized carbons (Fsp3) is 0.350. The van der Waals surface area contributed by atoms with E-state index >= 15 is 0 Å². The van der Waals surface area contributed by atoms with Crippen LogP contribution in [0.3, 0.4) is 0 Å². The summed E-state index contributed by atoms with van der Waals surface area (Å²) in [5, 5.41) is 2.92. The van der Waals surface area contributed by atoms with E-state index in [2.05, 4.69) is 35.3 Å². The van der Waals surface area contributed by atoms with Gasteiger partial charge in [-0.2, -0.15) is 0 Å². The van der Waals surface area contributed by atoms with Gasteiger partial charge in [-0.15, -0.1) is 0 Å². The second-order valence-electron chi connectivity index (χ2n) is 7.14. The highest BCUT2D eigenvalue weighted by Gasteiger charge is 2.24. The van der Waals surface area contributed by atoms with Crippen LogP contribution >= 0.6 is 0 Å². The van der Waals surface area contributed by atoms with Crippen LogP contribution in [0.25, 0.3) is 11.1 Å². The normalized spacial score (nSPS) is 19.2. The zero-order valence-electron chi connectivity index (χ0n) is 14.8. The van der Waals surface area contributed by atoms with Crippen LogP contribution in [-0.2, 0) is 27.6 Å². The van der Waals surface area contributed by atoms with E-state index in [0.717, 1.165) is 40.0 Å². The summed E-state index contributed by atoms with van der Waals surface area (Å²) >= 11 is 0. The van der Waals surface area contributed by atoms with Gasteiger partial charge >= 0.3 is 0 Å². The van der Waals surface area contributed by atoms with Crippen LogP contribution < -0.4 is 5.32 Å². The molecule has 5 nitrogen and oxygen atoms in total. The Morgan fingerprint density at radius 1 is 1.12 bits per heavy atom. The minimum atomic E-state index is -2.86. The fourth-order valence-electron chi connectivity index (χ4n) is 3.81. The van der Waals surface area contributed by atoms with Crippen LogP contribution in [-0.4, -0.2) is 43.8 Å². The molecule has 2 aromatic carbocycles. The molecule has 1 amide bonds. The van der Waals surface area contributed by atoms with E-state index in [1.165, 1.54) is 0 Å². The number of benzene rings is 2. The van der Waals surface area contributed by atoms with Crippen molar-refractivity contribution in [3.05, 3.63) is 53.1 Å².